The highest BCUT2D eigenvalue weighted by molar-refractivity contribution is 7.15. The van der Waals surface area contributed by atoms with Crippen LogP contribution in [0.5, 0.6) is 0 Å². The maximum atomic E-state index is 8.86. The minimum atomic E-state index is 0.287. The van der Waals surface area contributed by atoms with Gasteiger partial charge in [0.2, 0.25) is 0 Å². The maximum absolute atomic E-state index is 8.86. The summed E-state index contributed by atoms with van der Waals surface area (Å²) in [5, 5.41) is 13.2. The number of anilines is 1. The van der Waals surface area contributed by atoms with E-state index in [0.29, 0.717) is 5.92 Å². The van der Waals surface area contributed by atoms with Gasteiger partial charge in [-0.15, -0.1) is 11.3 Å². The number of nitrogens with zero attached hydrogens (tertiary/aromatic N) is 1. The summed E-state index contributed by atoms with van der Waals surface area (Å²) in [5.74, 6) is 0.409. The normalized spacial score (nSPS) is 12.8. The molecule has 0 fully saturated rings. The van der Waals surface area contributed by atoms with E-state index in [1.54, 1.807) is 11.3 Å². The topological polar surface area (TPSA) is 45.2 Å². The van der Waals surface area contributed by atoms with Gasteiger partial charge in [-0.3, -0.25) is 0 Å². The lowest BCUT2D eigenvalue weighted by Crippen LogP contribution is -2.06. The molecule has 1 aromatic rings. The molecule has 0 aromatic carbocycles. The molecule has 0 saturated carbocycles. The Morgan fingerprint density at radius 3 is 2.73 bits per heavy atom. The van der Waals surface area contributed by atoms with Crippen molar-refractivity contribution in [3.8, 4) is 0 Å². The van der Waals surface area contributed by atoms with Crippen molar-refractivity contribution in [2.75, 3.05) is 18.5 Å². The van der Waals surface area contributed by atoms with E-state index < -0.39 is 0 Å². The van der Waals surface area contributed by atoms with Gasteiger partial charge in [-0.2, -0.15) is 0 Å². The van der Waals surface area contributed by atoms with Crippen LogP contribution >= 0.6 is 11.3 Å². The fourth-order valence-corrected chi connectivity index (χ4v) is 2.13. The van der Waals surface area contributed by atoms with Crippen molar-refractivity contribution in [2.45, 2.75) is 33.6 Å². The van der Waals surface area contributed by atoms with E-state index in [1.807, 2.05) is 6.92 Å². The molecule has 0 aliphatic rings. The summed E-state index contributed by atoms with van der Waals surface area (Å²) >= 11 is 1.71. The first kappa shape index (κ1) is 12.5. The average Bonchev–Trinajstić information content (AvgIpc) is 2.53. The van der Waals surface area contributed by atoms with Crippen molar-refractivity contribution in [3.63, 3.8) is 0 Å². The van der Waals surface area contributed by atoms with Crippen LogP contribution in [0, 0.1) is 19.8 Å². The highest BCUT2D eigenvalue weighted by Gasteiger charge is 2.03. The predicted molar refractivity (Wildman–Crippen MR) is 65.6 cm³/mol. The number of aromatic nitrogens is 1. The zero-order chi connectivity index (χ0) is 11.3. The van der Waals surface area contributed by atoms with E-state index in [9.17, 15) is 0 Å². The third-order valence-corrected chi connectivity index (χ3v) is 3.52. The number of aliphatic hydroxyl groups is 1. The predicted octanol–water partition coefficient (Wildman–Crippen LogP) is 2.58. The molecule has 0 spiro atoms. The average molecular weight is 228 g/mol. The maximum Gasteiger partial charge on any atom is 0.183 e. The number of thiazole rings is 1. The van der Waals surface area contributed by atoms with E-state index >= 15 is 0 Å². The summed E-state index contributed by atoms with van der Waals surface area (Å²) in [4.78, 5) is 5.68. The van der Waals surface area contributed by atoms with Crippen molar-refractivity contribution in [1.29, 1.82) is 0 Å². The molecule has 0 bridgehead atoms. The second-order valence-corrected chi connectivity index (χ2v) is 5.22. The number of hydrogen-bond acceptors (Lipinski definition) is 4. The van der Waals surface area contributed by atoms with E-state index in [4.69, 9.17) is 5.11 Å². The van der Waals surface area contributed by atoms with E-state index in [2.05, 4.69) is 24.1 Å². The number of nitrogens with one attached hydrogen (secondary N) is 1. The van der Waals surface area contributed by atoms with E-state index in [0.717, 1.165) is 30.2 Å². The zero-order valence-corrected chi connectivity index (χ0v) is 10.5. The zero-order valence-electron chi connectivity index (χ0n) is 9.71. The van der Waals surface area contributed by atoms with Crippen LogP contribution in [-0.2, 0) is 0 Å². The van der Waals surface area contributed by atoms with Crippen LogP contribution in [0.25, 0.3) is 0 Å². The Morgan fingerprint density at radius 1 is 1.47 bits per heavy atom. The van der Waals surface area contributed by atoms with Crippen LogP contribution in [0.1, 0.15) is 30.3 Å². The van der Waals surface area contributed by atoms with Gasteiger partial charge in [0.25, 0.3) is 0 Å². The van der Waals surface area contributed by atoms with Gasteiger partial charge in [-0.25, -0.2) is 4.98 Å². The molecule has 0 radical (unpaired) electrons. The van der Waals surface area contributed by atoms with Crippen molar-refractivity contribution in [1.82, 2.24) is 4.98 Å². The van der Waals surface area contributed by atoms with Crippen molar-refractivity contribution in [2.24, 2.45) is 5.92 Å². The molecule has 4 heteroatoms. The van der Waals surface area contributed by atoms with E-state index in [1.165, 1.54) is 4.88 Å². The minimum absolute atomic E-state index is 0.287. The monoisotopic (exact) mass is 228 g/mol. The third-order valence-electron chi connectivity index (χ3n) is 2.49. The Hall–Kier alpha value is -0.610. The van der Waals surface area contributed by atoms with Crippen molar-refractivity contribution >= 4 is 16.5 Å². The van der Waals surface area contributed by atoms with Gasteiger partial charge in [0.05, 0.1) is 5.69 Å². The van der Waals surface area contributed by atoms with Crippen LogP contribution in [0.15, 0.2) is 0 Å². The third kappa shape index (κ3) is 4.18. The lowest BCUT2D eigenvalue weighted by Gasteiger charge is -2.07. The molecule has 3 nitrogen and oxygen atoms in total. The molecule has 15 heavy (non-hydrogen) atoms. The summed E-state index contributed by atoms with van der Waals surface area (Å²) in [5.41, 5.74) is 1.12. The molecule has 0 aliphatic heterocycles. The van der Waals surface area contributed by atoms with Gasteiger partial charge in [0, 0.05) is 18.0 Å². The first-order valence-corrected chi connectivity index (χ1v) is 6.24. The van der Waals surface area contributed by atoms with Crippen molar-refractivity contribution in [3.05, 3.63) is 10.6 Å². The summed E-state index contributed by atoms with van der Waals surface area (Å²) in [7, 11) is 0. The molecule has 2 N–H and O–H groups in total. The summed E-state index contributed by atoms with van der Waals surface area (Å²) < 4.78 is 0. The molecule has 86 valence electrons. The quantitative estimate of drug-likeness (QED) is 0.736. The molecule has 1 rings (SSSR count). The summed E-state index contributed by atoms with van der Waals surface area (Å²) in [6.07, 6.45) is 2.15. The molecule has 1 aromatic heterocycles. The first-order valence-electron chi connectivity index (χ1n) is 5.42. The van der Waals surface area contributed by atoms with Gasteiger partial charge in [0.1, 0.15) is 0 Å². The molecule has 0 amide bonds. The standard InChI is InChI=1S/C11H20N2OS/c1-8(7-14)5-4-6-12-11-13-9(2)10(3)15-11/h8,14H,4-7H2,1-3H3,(H,12,13). The number of hydrogen-bond donors (Lipinski definition) is 2. The van der Waals surface area contributed by atoms with E-state index in [-0.39, 0.29) is 6.61 Å². The minimum Gasteiger partial charge on any atom is -0.396 e. The lowest BCUT2D eigenvalue weighted by atomic mass is 10.1. The fraction of sp³-hybridized carbons (Fsp3) is 0.727. The number of aryl methyl sites for hydroxylation is 2. The van der Waals surface area contributed by atoms with Crippen LogP contribution in [0.3, 0.4) is 0 Å². The van der Waals surface area contributed by atoms with Crippen LogP contribution in [-0.4, -0.2) is 23.2 Å². The Morgan fingerprint density at radius 2 is 2.20 bits per heavy atom. The smallest absolute Gasteiger partial charge is 0.183 e. The van der Waals surface area contributed by atoms with Gasteiger partial charge in [-0.05, 0) is 32.6 Å². The fourth-order valence-electron chi connectivity index (χ4n) is 1.29. The second kappa shape index (κ2) is 6.08. The molecular formula is C11H20N2OS. The Labute approximate surface area is 95.6 Å². The van der Waals surface area contributed by atoms with Crippen molar-refractivity contribution < 1.29 is 5.11 Å². The lowest BCUT2D eigenvalue weighted by molar-refractivity contribution is 0.229. The SMILES string of the molecule is Cc1nc(NCCCC(C)CO)sc1C. The first-order chi connectivity index (χ1) is 7.13. The Kier molecular flexibility index (Phi) is 5.05. The molecule has 1 heterocycles. The van der Waals surface area contributed by atoms with Crippen LogP contribution < -0.4 is 5.32 Å². The molecular weight excluding hydrogens is 208 g/mol. The van der Waals surface area contributed by atoms with Gasteiger partial charge in [0.15, 0.2) is 5.13 Å². The Balaban J connectivity index is 2.20. The van der Waals surface area contributed by atoms with Gasteiger partial charge < -0.3 is 10.4 Å². The summed E-state index contributed by atoms with van der Waals surface area (Å²) in [6.45, 7) is 7.42. The molecule has 0 aliphatic carbocycles. The number of rotatable bonds is 6. The van der Waals surface area contributed by atoms with Gasteiger partial charge in [-0.1, -0.05) is 6.92 Å². The molecule has 1 atom stereocenters. The van der Waals surface area contributed by atoms with Crippen LogP contribution in [0.2, 0.25) is 0 Å². The summed E-state index contributed by atoms with van der Waals surface area (Å²) in [6, 6.07) is 0. The molecule has 0 saturated heterocycles. The highest BCUT2D eigenvalue weighted by atomic mass is 32.1. The largest absolute Gasteiger partial charge is 0.396 e. The second-order valence-electron chi connectivity index (χ2n) is 4.02. The highest BCUT2D eigenvalue weighted by Crippen LogP contribution is 2.21. The number of aliphatic hydroxyl groups excluding tert-OH is 1. The van der Waals surface area contributed by atoms with Crippen LogP contribution in [0.4, 0.5) is 5.13 Å². The van der Waals surface area contributed by atoms with Gasteiger partial charge >= 0.3 is 0 Å². The molecule has 1 unspecified atom stereocenters. The Bertz CT molecular complexity index is 279.